The zero-order valence-electron chi connectivity index (χ0n) is 30.8. The van der Waals surface area contributed by atoms with E-state index in [0.29, 0.717) is 14.2 Å². The van der Waals surface area contributed by atoms with Crippen LogP contribution in [0.25, 0.3) is 54.5 Å². The number of nitrogens with two attached hydrogens (primary N) is 1. The van der Waals surface area contributed by atoms with E-state index in [1.165, 1.54) is 42.5 Å². The summed E-state index contributed by atoms with van der Waals surface area (Å²) in [5.41, 5.74) is -1.74. The number of nitrogens with zero attached hydrogens (tertiary/aromatic N) is 2. The van der Waals surface area contributed by atoms with Crippen molar-refractivity contribution >= 4 is 101 Å². The van der Waals surface area contributed by atoms with Crippen molar-refractivity contribution in [2.24, 2.45) is 0 Å². The Hall–Kier alpha value is -8.26. The minimum Gasteiger partial charge on any atom is -0.478 e. The molecule has 4 heterocycles. The molecule has 9 aromatic rings. The van der Waals surface area contributed by atoms with E-state index >= 15 is 0 Å². The first-order valence-electron chi connectivity index (χ1n) is 17.2. The molecule has 22 heteroatoms. The number of aromatic nitrogens is 2. The highest BCUT2D eigenvalue weighted by Crippen LogP contribution is 2.25. The fourth-order valence-corrected chi connectivity index (χ4v) is 6.91. The van der Waals surface area contributed by atoms with Crippen LogP contribution in [-0.2, 0) is 0 Å². The van der Waals surface area contributed by atoms with E-state index in [9.17, 15) is 63.0 Å². The molecule has 0 radical (unpaired) electrons. The molecule has 0 amide bonds. The lowest BCUT2D eigenvalue weighted by Gasteiger charge is -2.05. The molecule has 5 aromatic carbocycles. The molecule has 0 aliphatic carbocycles. The second-order valence-electron chi connectivity index (χ2n) is 13.1. The maximum absolute atomic E-state index is 13.2. The van der Waals surface area contributed by atoms with Crippen LogP contribution in [0.1, 0.15) is 31.1 Å². The molecular formula is C41H18Cl3N3O16. The Morgan fingerprint density at radius 2 is 0.683 bits per heavy atom. The minimum absolute atomic E-state index is 0.0181. The Labute approximate surface area is 358 Å². The van der Waals surface area contributed by atoms with Gasteiger partial charge in [-0.05, 0) is 78.9 Å². The Bertz CT molecular complexity index is 3550. The van der Waals surface area contributed by atoms with Crippen molar-refractivity contribution < 1.29 is 38.5 Å². The van der Waals surface area contributed by atoms with Crippen LogP contribution in [0.4, 0.5) is 5.69 Å². The zero-order chi connectivity index (χ0) is 45.9. The second kappa shape index (κ2) is 16.0. The maximum Gasteiger partial charge on any atom is 0.346 e. The number of anilines is 1. The molecule has 0 atom stereocenters. The summed E-state index contributed by atoms with van der Waals surface area (Å²) in [7, 11) is 0. The molecule has 314 valence electrons. The highest BCUT2D eigenvalue weighted by Gasteiger charge is 2.24. The number of nitrogen functional groups attached to an aromatic ring is 1. The van der Waals surface area contributed by atoms with Crippen LogP contribution < -0.4 is 50.5 Å². The van der Waals surface area contributed by atoms with Gasteiger partial charge < -0.3 is 29.9 Å². The van der Waals surface area contributed by atoms with E-state index in [4.69, 9.17) is 45.6 Å². The lowest BCUT2D eigenvalue weighted by Crippen LogP contribution is -2.24. The minimum atomic E-state index is -1.30. The predicted molar refractivity (Wildman–Crippen MR) is 228 cm³/mol. The summed E-state index contributed by atoms with van der Waals surface area (Å²) >= 11 is 17.8. The van der Waals surface area contributed by atoms with Crippen LogP contribution in [0.3, 0.4) is 0 Å². The third-order valence-corrected chi connectivity index (χ3v) is 10.4. The molecule has 5 N–H and O–H groups in total. The summed E-state index contributed by atoms with van der Waals surface area (Å²) in [5, 5.41) is 26.4. The van der Waals surface area contributed by atoms with Crippen LogP contribution in [0.15, 0.2) is 126 Å². The molecular weight excluding hydrogens is 897 g/mol. The van der Waals surface area contributed by atoms with E-state index in [1.807, 2.05) is 0 Å². The molecule has 9 rings (SSSR count). The number of hydrogen-bond acceptors (Lipinski definition) is 14. The van der Waals surface area contributed by atoms with Gasteiger partial charge in [-0.15, -0.1) is 0 Å². The van der Waals surface area contributed by atoms with E-state index in [2.05, 4.69) is 8.83 Å². The molecule has 0 saturated heterocycles. The normalized spacial score (nSPS) is 11.1. The molecule has 0 saturated carbocycles. The monoisotopic (exact) mass is 913 g/mol. The summed E-state index contributed by atoms with van der Waals surface area (Å²) in [6.07, 6.45) is 0. The number of benzene rings is 5. The van der Waals surface area contributed by atoms with Crippen molar-refractivity contribution in [3.63, 3.8) is 0 Å². The first kappa shape index (κ1) is 42.8. The lowest BCUT2D eigenvalue weighted by molar-refractivity contribution is 0.0686. The molecule has 63 heavy (non-hydrogen) atoms. The largest absolute Gasteiger partial charge is 0.478 e. The Balaban J connectivity index is 0.000000179. The predicted octanol–water partition coefficient (Wildman–Crippen LogP) is 3.71. The number of carbonyl (C=O) groups is 3. The smallest absolute Gasteiger partial charge is 0.346 e. The van der Waals surface area contributed by atoms with Crippen molar-refractivity contribution in [3.8, 4) is 11.4 Å². The quantitative estimate of drug-likeness (QED) is 0.179. The standard InChI is InChI=1S/C24H10Cl2N2O8.C10H2O6.C7H6ClNO2/c25-15-3-1-9(23(33)34)5-17(15)27-19(29)11-7-13-14(8-12(11)20(27)30)22(32)28(21(13)31)18-6-10(24(35)36)2-4-16(18)26;11-7-3-1-4-6(10(14)16-8(4)12)2-5(3)9(13)15-7;8-5-2-1-4(7(10)11)3-6(5)9/h1-8H,(H,33,34)(H,35,36);1-2H;1-3H,9H2,(H,10,11). The first-order chi connectivity index (χ1) is 29.7. The van der Waals surface area contributed by atoms with E-state index in [0.717, 1.165) is 36.4 Å². The van der Waals surface area contributed by atoms with Crippen molar-refractivity contribution in [2.75, 3.05) is 5.73 Å². The van der Waals surface area contributed by atoms with Gasteiger partial charge in [0.25, 0.3) is 22.2 Å². The third-order valence-electron chi connectivity index (χ3n) is 9.41. The van der Waals surface area contributed by atoms with Gasteiger partial charge in [-0.1, -0.05) is 34.8 Å². The van der Waals surface area contributed by atoms with Crippen LogP contribution in [0.2, 0.25) is 15.1 Å². The average Bonchev–Trinajstić information content (AvgIpc) is 3.86. The number of carboxylic acid groups (broad SMARTS) is 3. The number of carboxylic acids is 3. The Kier molecular flexibility index (Phi) is 10.9. The van der Waals surface area contributed by atoms with Crippen LogP contribution in [0, 0.1) is 0 Å². The van der Waals surface area contributed by atoms with Gasteiger partial charge in [-0.2, -0.15) is 0 Å². The molecule has 0 bridgehead atoms. The molecule has 19 nitrogen and oxygen atoms in total. The van der Waals surface area contributed by atoms with Crippen molar-refractivity contribution in [2.45, 2.75) is 0 Å². The molecule has 0 fully saturated rings. The summed E-state index contributed by atoms with van der Waals surface area (Å²) in [6, 6.07) is 15.7. The van der Waals surface area contributed by atoms with Gasteiger partial charge in [0, 0.05) is 0 Å². The Morgan fingerprint density at radius 1 is 0.413 bits per heavy atom. The fourth-order valence-electron chi connectivity index (χ4n) is 6.39. The highest BCUT2D eigenvalue weighted by atomic mass is 35.5. The summed E-state index contributed by atoms with van der Waals surface area (Å²) in [6.45, 7) is 0. The van der Waals surface area contributed by atoms with Gasteiger partial charge in [0.05, 0.1) is 91.9 Å². The topological polar surface area (TPSA) is 311 Å². The van der Waals surface area contributed by atoms with Gasteiger partial charge in [-0.3, -0.25) is 19.2 Å². The second-order valence-corrected chi connectivity index (χ2v) is 14.3. The van der Waals surface area contributed by atoms with Gasteiger partial charge in [-0.25, -0.2) is 42.7 Å². The van der Waals surface area contributed by atoms with Gasteiger partial charge >= 0.3 is 40.4 Å². The Morgan fingerprint density at radius 3 is 0.968 bits per heavy atom. The van der Waals surface area contributed by atoms with Crippen LogP contribution in [-0.4, -0.2) is 42.4 Å². The van der Waals surface area contributed by atoms with Crippen LogP contribution in [0.5, 0.6) is 0 Å². The fraction of sp³-hybridized carbons (Fsp3) is 0. The molecule has 0 aliphatic rings. The molecule has 4 aromatic heterocycles. The van der Waals surface area contributed by atoms with E-state index < -0.39 is 62.6 Å². The van der Waals surface area contributed by atoms with Gasteiger partial charge in [0.1, 0.15) is 0 Å². The SMILES string of the molecule is Nc1cc(C(=O)O)ccc1Cl.O=C(O)c1ccc(Cl)c(-n2c(=O)c3cc4c(=O)n(-c5cc(C(=O)O)ccc5Cl)c(=O)c4cc3c2=O)c1.O=c1oc(=O)c2cc3c(=O)oc(=O)c3cc12. The van der Waals surface area contributed by atoms with Crippen molar-refractivity contribution in [3.05, 3.63) is 194 Å². The summed E-state index contributed by atoms with van der Waals surface area (Å²) in [5.74, 6) is -3.61. The van der Waals surface area contributed by atoms with Crippen molar-refractivity contribution in [1.29, 1.82) is 0 Å². The summed E-state index contributed by atoms with van der Waals surface area (Å²) < 4.78 is 10.0. The lowest BCUT2D eigenvalue weighted by atomic mass is 10.1. The van der Waals surface area contributed by atoms with E-state index in [1.54, 1.807) is 0 Å². The van der Waals surface area contributed by atoms with Gasteiger partial charge in [0.15, 0.2) is 0 Å². The molecule has 0 spiro atoms. The van der Waals surface area contributed by atoms with Gasteiger partial charge in [0.2, 0.25) is 0 Å². The summed E-state index contributed by atoms with van der Waals surface area (Å²) in [4.78, 5) is 130. The number of fused-ring (bicyclic) bond motifs is 4. The third kappa shape index (κ3) is 7.47. The number of furan rings is 2. The number of hydrogen-bond donors (Lipinski definition) is 4. The number of aromatic carboxylic acids is 3. The molecule has 0 unspecified atom stereocenters. The van der Waals surface area contributed by atoms with Crippen LogP contribution >= 0.6 is 34.8 Å². The number of rotatable bonds is 5. The first-order valence-corrected chi connectivity index (χ1v) is 18.3. The maximum atomic E-state index is 13.2. The molecule has 0 aliphatic heterocycles. The number of halogens is 3. The average molecular weight is 915 g/mol. The highest BCUT2D eigenvalue weighted by molar-refractivity contribution is 6.33. The van der Waals surface area contributed by atoms with Crippen molar-refractivity contribution in [1.82, 2.24) is 9.13 Å². The zero-order valence-corrected chi connectivity index (χ0v) is 33.0. The van der Waals surface area contributed by atoms with E-state index in [-0.39, 0.29) is 86.9 Å².